The van der Waals surface area contributed by atoms with Crippen molar-refractivity contribution in [2.75, 3.05) is 40.9 Å². The molecule has 0 saturated carbocycles. The number of hydrogen-bond acceptors (Lipinski definition) is 5. The first-order chi connectivity index (χ1) is 17.4. The zero-order chi connectivity index (χ0) is 26.7. The number of aromatic amines is 1. The summed E-state index contributed by atoms with van der Waals surface area (Å²) in [5, 5.41) is 4.21. The lowest BCUT2D eigenvalue weighted by molar-refractivity contribution is 0.158. The van der Waals surface area contributed by atoms with Gasteiger partial charge >= 0.3 is 0 Å². The fourth-order valence-corrected chi connectivity index (χ4v) is 4.01. The molecule has 0 radical (unpaired) electrons. The first-order valence-electron chi connectivity index (χ1n) is 12.3. The smallest absolute Gasteiger partial charge is 0.276 e. The van der Waals surface area contributed by atoms with Crippen LogP contribution >= 0.6 is 11.6 Å². The third kappa shape index (κ3) is 7.29. The molecule has 0 spiro atoms. The summed E-state index contributed by atoms with van der Waals surface area (Å²) in [5.41, 5.74) is 2.40. The second-order valence-corrected chi connectivity index (χ2v) is 8.54. The van der Waals surface area contributed by atoms with E-state index in [-0.39, 0.29) is 11.1 Å². The van der Waals surface area contributed by atoms with Gasteiger partial charge in [0, 0.05) is 57.0 Å². The molecule has 0 atom stereocenters. The van der Waals surface area contributed by atoms with Crippen molar-refractivity contribution in [3.8, 4) is 11.3 Å². The fourth-order valence-electron chi connectivity index (χ4n) is 3.89. The first-order valence-corrected chi connectivity index (χ1v) is 12.7. The van der Waals surface area contributed by atoms with Crippen LogP contribution in [0.4, 0.5) is 0 Å². The van der Waals surface area contributed by atoms with Gasteiger partial charge in [0.2, 0.25) is 0 Å². The lowest BCUT2D eigenvalue weighted by atomic mass is 10.1. The van der Waals surface area contributed by atoms with Gasteiger partial charge in [0.05, 0.1) is 29.7 Å². The van der Waals surface area contributed by atoms with E-state index >= 15 is 0 Å². The number of nitrogens with one attached hydrogen (secondary N) is 1. The quantitative estimate of drug-likeness (QED) is 0.382. The molecule has 0 bridgehead atoms. The summed E-state index contributed by atoms with van der Waals surface area (Å²) in [6, 6.07) is 8.70. The van der Waals surface area contributed by atoms with E-state index in [2.05, 4.69) is 15.0 Å². The summed E-state index contributed by atoms with van der Waals surface area (Å²) < 4.78 is 8.34. The Morgan fingerprint density at radius 1 is 1.17 bits per heavy atom. The molecule has 0 fully saturated rings. The van der Waals surface area contributed by atoms with Gasteiger partial charge in [-0.3, -0.25) is 24.4 Å². The molecular weight excluding hydrogens is 478 g/mol. The minimum atomic E-state index is -0.181. The number of hydrogen-bond donors (Lipinski definition) is 1. The number of benzene rings is 1. The molecule has 9 heteroatoms. The average molecular weight is 516 g/mol. The Labute approximate surface area is 217 Å². The van der Waals surface area contributed by atoms with Gasteiger partial charge in [0.1, 0.15) is 0 Å². The van der Waals surface area contributed by atoms with Crippen LogP contribution in [0.2, 0.25) is 5.02 Å². The molecule has 2 heterocycles. The summed E-state index contributed by atoms with van der Waals surface area (Å²) in [4.78, 5) is 33.1. The number of ether oxygens (including phenoxy) is 1. The van der Waals surface area contributed by atoms with Crippen molar-refractivity contribution in [3.05, 3.63) is 68.2 Å². The van der Waals surface area contributed by atoms with Crippen molar-refractivity contribution >= 4 is 28.2 Å². The van der Waals surface area contributed by atoms with Crippen LogP contribution in [-0.4, -0.2) is 65.9 Å². The summed E-state index contributed by atoms with van der Waals surface area (Å²) >= 11 is 6.11. The van der Waals surface area contributed by atoms with E-state index in [1.807, 2.05) is 52.1 Å². The first kappa shape index (κ1) is 29.3. The van der Waals surface area contributed by atoms with Crippen LogP contribution in [0.1, 0.15) is 27.2 Å². The van der Waals surface area contributed by atoms with E-state index in [1.165, 1.54) is 6.07 Å². The number of likely N-dealkylation sites (N-methyl/N-ethyl adjacent to an activating group) is 1. The van der Waals surface area contributed by atoms with E-state index in [4.69, 9.17) is 16.3 Å². The van der Waals surface area contributed by atoms with Gasteiger partial charge in [-0.15, -0.1) is 0 Å². The highest BCUT2D eigenvalue weighted by Gasteiger charge is 2.19. The number of fused-ring (bicyclic) bond motifs is 1. The lowest BCUT2D eigenvalue weighted by Crippen LogP contribution is -2.30. The molecule has 36 heavy (non-hydrogen) atoms. The van der Waals surface area contributed by atoms with Gasteiger partial charge in [-0.05, 0) is 37.7 Å². The number of allylic oxidation sites excluding steroid dienone is 2. The Morgan fingerprint density at radius 3 is 2.47 bits per heavy atom. The average Bonchev–Trinajstić information content (AvgIpc) is 3.20. The predicted octanol–water partition coefficient (Wildman–Crippen LogP) is 4.45. The van der Waals surface area contributed by atoms with Gasteiger partial charge in [0.15, 0.2) is 0 Å². The zero-order valence-corrected chi connectivity index (χ0v) is 22.9. The molecule has 1 aromatic carbocycles. The summed E-state index contributed by atoms with van der Waals surface area (Å²) in [7, 11) is 5.38. The monoisotopic (exact) mass is 515 g/mol. The minimum Gasteiger partial charge on any atom is -0.383 e. The standard InChI is InChI=1S/C25H32ClN5O3.C2H6/c1-5-6-20(27-2)11-12-30-22(32)17-21-23(24(30)18-7-9-19(26)10-8-18)25(33)31(28-21)14-13-29(3)15-16-34-4;1-2/h5-10,17,28H,11-16H2,1-4H3;1-2H3/b6-5-,27-20?;. The molecule has 0 aliphatic rings. The van der Waals surface area contributed by atoms with E-state index in [0.29, 0.717) is 54.3 Å². The van der Waals surface area contributed by atoms with Crippen LogP contribution < -0.4 is 11.1 Å². The van der Waals surface area contributed by atoms with Crippen molar-refractivity contribution < 1.29 is 4.74 Å². The largest absolute Gasteiger partial charge is 0.383 e. The van der Waals surface area contributed by atoms with E-state index < -0.39 is 0 Å². The van der Waals surface area contributed by atoms with Crippen LogP contribution in [-0.2, 0) is 17.8 Å². The second-order valence-electron chi connectivity index (χ2n) is 8.11. The molecule has 0 aliphatic carbocycles. The van der Waals surface area contributed by atoms with Crippen LogP contribution in [0, 0.1) is 0 Å². The number of aromatic nitrogens is 3. The molecule has 8 nitrogen and oxygen atoms in total. The van der Waals surface area contributed by atoms with Crippen molar-refractivity contribution in [1.82, 2.24) is 19.2 Å². The summed E-state index contributed by atoms with van der Waals surface area (Å²) in [6.45, 7) is 8.84. The molecule has 0 aliphatic heterocycles. The maximum absolute atomic E-state index is 13.5. The van der Waals surface area contributed by atoms with Crippen molar-refractivity contribution in [1.29, 1.82) is 0 Å². The Kier molecular flexibility index (Phi) is 11.9. The van der Waals surface area contributed by atoms with Gasteiger partial charge in [-0.2, -0.15) is 0 Å². The van der Waals surface area contributed by atoms with Crippen LogP contribution in [0.25, 0.3) is 22.2 Å². The molecule has 0 unspecified atom stereocenters. The van der Waals surface area contributed by atoms with Crippen molar-refractivity contribution in [2.45, 2.75) is 40.3 Å². The van der Waals surface area contributed by atoms with Gasteiger partial charge < -0.3 is 14.2 Å². The number of H-pyrrole nitrogens is 1. The normalized spacial score (nSPS) is 11.9. The molecule has 196 valence electrons. The van der Waals surface area contributed by atoms with Gasteiger partial charge in [0.25, 0.3) is 11.1 Å². The van der Waals surface area contributed by atoms with Crippen molar-refractivity contribution in [2.24, 2.45) is 4.99 Å². The van der Waals surface area contributed by atoms with Crippen LogP contribution in [0.3, 0.4) is 0 Å². The third-order valence-electron chi connectivity index (χ3n) is 5.76. The number of aliphatic imine (C=N–C) groups is 1. The molecule has 3 aromatic rings. The highest BCUT2D eigenvalue weighted by Crippen LogP contribution is 2.26. The van der Waals surface area contributed by atoms with Gasteiger partial charge in [-0.1, -0.05) is 43.7 Å². The maximum atomic E-state index is 13.5. The molecule has 2 aromatic heterocycles. The SMILES string of the molecule is C/C=C\C(CCn1c(-c2ccc(Cl)cc2)c2c(=O)n(CCN(C)CCOC)[nH]c2cc1=O)=NC.CC. The van der Waals surface area contributed by atoms with E-state index in [9.17, 15) is 9.59 Å². The van der Waals surface area contributed by atoms with Gasteiger partial charge in [-0.25, -0.2) is 0 Å². The molecule has 0 amide bonds. The van der Waals surface area contributed by atoms with Crippen LogP contribution in [0.15, 0.2) is 57.1 Å². The van der Waals surface area contributed by atoms with Crippen molar-refractivity contribution in [3.63, 3.8) is 0 Å². The highest BCUT2D eigenvalue weighted by molar-refractivity contribution is 6.30. The number of nitrogens with zero attached hydrogens (tertiary/aromatic N) is 4. The molecule has 1 N–H and O–H groups in total. The second kappa shape index (κ2) is 14.6. The topological polar surface area (TPSA) is 84.6 Å². The Morgan fingerprint density at radius 2 is 1.86 bits per heavy atom. The predicted molar refractivity (Wildman–Crippen MR) is 151 cm³/mol. The summed E-state index contributed by atoms with van der Waals surface area (Å²) in [5.74, 6) is 0. The highest BCUT2D eigenvalue weighted by atomic mass is 35.5. The Balaban J connectivity index is 0.00000222. The third-order valence-corrected chi connectivity index (χ3v) is 6.01. The number of pyridine rings is 1. The number of methoxy groups -OCH3 is 1. The van der Waals surface area contributed by atoms with E-state index in [0.717, 1.165) is 17.8 Å². The van der Waals surface area contributed by atoms with E-state index in [1.54, 1.807) is 35.5 Å². The minimum absolute atomic E-state index is 0.160. The van der Waals surface area contributed by atoms with Crippen LogP contribution in [0.5, 0.6) is 0 Å². The molecule has 3 rings (SSSR count). The molecule has 0 saturated heterocycles. The molecular formula is C27H38ClN5O3. The summed E-state index contributed by atoms with van der Waals surface area (Å²) in [6.07, 6.45) is 4.41. The number of rotatable bonds is 11. The number of halogens is 1. The Bertz CT molecular complexity index is 1290. The maximum Gasteiger partial charge on any atom is 0.276 e. The Hall–Kier alpha value is -2.94. The fraction of sp³-hybridized carbons (Fsp3) is 0.444. The lowest BCUT2D eigenvalue weighted by Gasteiger charge is -2.15. The zero-order valence-electron chi connectivity index (χ0n) is 22.2.